The van der Waals surface area contributed by atoms with Crippen LogP contribution in [0.5, 0.6) is 0 Å². The Hall–Kier alpha value is -0.120. The summed E-state index contributed by atoms with van der Waals surface area (Å²) in [7, 11) is -3.10. The third-order valence-corrected chi connectivity index (χ3v) is 5.14. The van der Waals surface area contributed by atoms with Gasteiger partial charge in [-0.1, -0.05) is 6.92 Å². The lowest BCUT2D eigenvalue weighted by molar-refractivity contribution is 0.242. The highest BCUT2D eigenvalue weighted by atomic mass is 32.2. The van der Waals surface area contributed by atoms with E-state index in [2.05, 4.69) is 0 Å². The van der Waals surface area contributed by atoms with Gasteiger partial charge in [0.15, 0.2) is 9.84 Å². The van der Waals surface area contributed by atoms with Gasteiger partial charge in [0, 0.05) is 0 Å². The van der Waals surface area contributed by atoms with Crippen LogP contribution in [0.25, 0.3) is 0 Å². The van der Waals surface area contributed by atoms with Crippen LogP contribution in [0, 0.1) is 0 Å². The molecule has 0 radical (unpaired) electrons. The number of alkyl halides is 1. The van der Waals surface area contributed by atoms with Gasteiger partial charge in [0.25, 0.3) is 0 Å². The zero-order valence-corrected chi connectivity index (χ0v) is 6.91. The Labute approximate surface area is 60.3 Å². The number of hydrogen-bond acceptors (Lipinski definition) is 2. The molecule has 1 fully saturated rings. The second-order valence-corrected chi connectivity index (χ2v) is 5.41. The smallest absolute Gasteiger partial charge is 0.161 e. The monoisotopic (exact) mass is 166 g/mol. The zero-order valence-electron chi connectivity index (χ0n) is 6.09. The summed E-state index contributed by atoms with van der Waals surface area (Å²) >= 11 is 0. The van der Waals surface area contributed by atoms with Crippen LogP contribution in [-0.4, -0.2) is 25.1 Å². The molecule has 10 heavy (non-hydrogen) atoms. The Balaban J connectivity index is 2.95. The summed E-state index contributed by atoms with van der Waals surface area (Å²) in [6, 6.07) is 0. The van der Waals surface area contributed by atoms with E-state index in [1.165, 1.54) is 6.92 Å². The van der Waals surface area contributed by atoms with Gasteiger partial charge < -0.3 is 0 Å². The fourth-order valence-electron chi connectivity index (χ4n) is 1.10. The van der Waals surface area contributed by atoms with Gasteiger partial charge in [0.2, 0.25) is 0 Å². The first-order chi connectivity index (χ1) is 4.44. The van der Waals surface area contributed by atoms with E-state index in [0.717, 1.165) is 0 Å². The van der Waals surface area contributed by atoms with Gasteiger partial charge >= 0.3 is 0 Å². The molecule has 0 amide bonds. The summed E-state index contributed by atoms with van der Waals surface area (Å²) < 4.78 is 33.5. The van der Waals surface area contributed by atoms with Crippen LogP contribution in [0.3, 0.4) is 0 Å². The quantitative estimate of drug-likeness (QED) is 0.580. The molecule has 0 aromatic carbocycles. The van der Waals surface area contributed by atoms with Crippen molar-refractivity contribution in [2.45, 2.75) is 31.2 Å². The van der Waals surface area contributed by atoms with Gasteiger partial charge in [0.1, 0.15) is 10.9 Å². The van der Waals surface area contributed by atoms with Gasteiger partial charge in [-0.15, -0.1) is 0 Å². The molecule has 0 aromatic rings. The maximum Gasteiger partial charge on any atom is 0.161 e. The predicted octanol–water partition coefficient (Wildman–Crippen LogP) is 0.922. The Morgan fingerprint density at radius 3 is 2.30 bits per heavy atom. The van der Waals surface area contributed by atoms with E-state index in [9.17, 15) is 12.8 Å². The van der Waals surface area contributed by atoms with Crippen molar-refractivity contribution in [3.05, 3.63) is 0 Å². The van der Waals surface area contributed by atoms with E-state index in [-0.39, 0.29) is 5.75 Å². The van der Waals surface area contributed by atoms with Crippen LogP contribution >= 0.6 is 0 Å². The summed E-state index contributed by atoms with van der Waals surface area (Å²) in [5.41, 5.74) is 0. The molecule has 2 unspecified atom stereocenters. The molecule has 60 valence electrons. The van der Waals surface area contributed by atoms with Crippen molar-refractivity contribution in [1.82, 2.24) is 0 Å². The predicted molar refractivity (Wildman–Crippen MR) is 37.4 cm³/mol. The van der Waals surface area contributed by atoms with E-state index in [4.69, 9.17) is 0 Å². The van der Waals surface area contributed by atoms with E-state index < -0.39 is 20.8 Å². The van der Waals surface area contributed by atoms with Crippen molar-refractivity contribution >= 4 is 9.84 Å². The Kier molecular flexibility index (Phi) is 1.54. The number of sulfone groups is 1. The van der Waals surface area contributed by atoms with E-state index in [0.29, 0.717) is 6.42 Å². The Bertz CT molecular complexity index is 234. The van der Waals surface area contributed by atoms with Gasteiger partial charge in [-0.05, 0) is 13.3 Å². The van der Waals surface area contributed by atoms with Gasteiger partial charge in [-0.2, -0.15) is 0 Å². The first kappa shape index (κ1) is 7.98. The van der Waals surface area contributed by atoms with Crippen LogP contribution in [0.4, 0.5) is 4.39 Å². The maximum absolute atomic E-state index is 12.7. The Morgan fingerprint density at radius 2 is 2.20 bits per heavy atom. The molecule has 1 rings (SSSR count). The molecule has 1 aliphatic heterocycles. The van der Waals surface area contributed by atoms with Gasteiger partial charge in [-0.3, -0.25) is 0 Å². The number of rotatable bonds is 1. The topological polar surface area (TPSA) is 34.1 Å². The molecule has 0 bridgehead atoms. The molecule has 0 N–H and O–H groups in total. The average molecular weight is 166 g/mol. The molecular formula is C6H11FO2S. The minimum Gasteiger partial charge on any atom is -0.245 e. The second-order valence-electron chi connectivity index (χ2n) is 2.92. The molecule has 0 aromatic heterocycles. The molecule has 1 aliphatic rings. The Morgan fingerprint density at radius 1 is 1.70 bits per heavy atom. The SMILES string of the molecule is CCC1(C)C(F)CS1(=O)=O. The normalized spacial score (nSPS) is 44.5. The average Bonchev–Trinajstić information content (AvgIpc) is 1.85. The van der Waals surface area contributed by atoms with Crippen LogP contribution in [-0.2, 0) is 9.84 Å². The lowest BCUT2D eigenvalue weighted by Gasteiger charge is -2.40. The largest absolute Gasteiger partial charge is 0.245 e. The van der Waals surface area contributed by atoms with E-state index in [1.54, 1.807) is 6.92 Å². The van der Waals surface area contributed by atoms with E-state index >= 15 is 0 Å². The van der Waals surface area contributed by atoms with Crippen molar-refractivity contribution < 1.29 is 12.8 Å². The third kappa shape index (κ3) is 0.713. The third-order valence-electron chi connectivity index (χ3n) is 2.44. The highest BCUT2D eigenvalue weighted by Crippen LogP contribution is 2.38. The number of hydrogen-bond donors (Lipinski definition) is 0. The van der Waals surface area contributed by atoms with Crippen molar-refractivity contribution in [3.63, 3.8) is 0 Å². The van der Waals surface area contributed by atoms with Crippen LogP contribution in [0.2, 0.25) is 0 Å². The molecule has 0 saturated carbocycles. The lowest BCUT2D eigenvalue weighted by atomic mass is 10.0. The summed E-state index contributed by atoms with van der Waals surface area (Å²) in [6.45, 7) is 3.17. The van der Waals surface area contributed by atoms with Crippen LogP contribution in [0.15, 0.2) is 0 Å². The van der Waals surface area contributed by atoms with Crippen molar-refractivity contribution in [1.29, 1.82) is 0 Å². The molecule has 2 atom stereocenters. The summed E-state index contributed by atoms with van der Waals surface area (Å²) in [5.74, 6) is -0.280. The van der Waals surface area contributed by atoms with Crippen molar-refractivity contribution in [3.8, 4) is 0 Å². The van der Waals surface area contributed by atoms with Crippen molar-refractivity contribution in [2.24, 2.45) is 0 Å². The van der Waals surface area contributed by atoms with Crippen LogP contribution < -0.4 is 0 Å². The van der Waals surface area contributed by atoms with Crippen LogP contribution in [0.1, 0.15) is 20.3 Å². The molecule has 1 saturated heterocycles. The minimum atomic E-state index is -3.10. The number of halogens is 1. The molecule has 0 aliphatic carbocycles. The second kappa shape index (κ2) is 1.94. The maximum atomic E-state index is 12.7. The standard InChI is InChI=1S/C6H11FO2S/c1-3-6(2)5(7)4-10(6,8)9/h5H,3-4H2,1-2H3. The molecule has 2 nitrogen and oxygen atoms in total. The molecule has 0 spiro atoms. The fraction of sp³-hybridized carbons (Fsp3) is 1.00. The van der Waals surface area contributed by atoms with Gasteiger partial charge in [0.05, 0.1) is 5.75 Å². The van der Waals surface area contributed by atoms with Gasteiger partial charge in [-0.25, -0.2) is 12.8 Å². The molecule has 4 heteroatoms. The molecular weight excluding hydrogens is 155 g/mol. The molecule has 1 heterocycles. The lowest BCUT2D eigenvalue weighted by Crippen LogP contribution is -2.59. The minimum absolute atomic E-state index is 0.280. The summed E-state index contributed by atoms with van der Waals surface area (Å²) in [5, 5.41) is 0. The first-order valence-electron chi connectivity index (χ1n) is 3.30. The zero-order chi connectivity index (χ0) is 7.99. The summed E-state index contributed by atoms with van der Waals surface area (Å²) in [4.78, 5) is 0. The fourth-order valence-corrected chi connectivity index (χ4v) is 2.85. The highest BCUT2D eigenvalue weighted by Gasteiger charge is 2.56. The van der Waals surface area contributed by atoms with Crippen molar-refractivity contribution in [2.75, 3.05) is 5.75 Å². The van der Waals surface area contributed by atoms with E-state index in [1.807, 2.05) is 0 Å². The first-order valence-corrected chi connectivity index (χ1v) is 4.95. The summed E-state index contributed by atoms with van der Waals surface area (Å²) in [6.07, 6.45) is -0.779. The highest BCUT2D eigenvalue weighted by molar-refractivity contribution is 7.94.